The minimum Gasteiger partial charge on any atom is -0.486 e. The van der Waals surface area contributed by atoms with E-state index >= 15 is 0 Å². The van der Waals surface area contributed by atoms with Gasteiger partial charge in [-0.15, -0.1) is 0 Å². The third-order valence-electron chi connectivity index (χ3n) is 4.09. The lowest BCUT2D eigenvalue weighted by molar-refractivity contribution is -0.124. The van der Waals surface area contributed by atoms with Crippen LogP contribution in [0.1, 0.15) is 25.5 Å². The molecule has 1 heterocycles. The number of benzene rings is 2. The SMILES string of the molecule is CC(C)[C@@H](NC(=O)COc1ccc(F)cc1)c1ccc2c(c1)OCCO2. The lowest BCUT2D eigenvalue weighted by Gasteiger charge is -2.25. The molecule has 0 saturated heterocycles. The van der Waals surface area contributed by atoms with E-state index < -0.39 is 0 Å². The maximum atomic E-state index is 12.9. The predicted octanol–water partition coefficient (Wildman–Crippen LogP) is 3.49. The first-order valence-corrected chi connectivity index (χ1v) is 8.60. The minimum atomic E-state index is -0.347. The van der Waals surface area contributed by atoms with Crippen LogP contribution in [0.25, 0.3) is 0 Å². The van der Waals surface area contributed by atoms with Gasteiger partial charge in [0.15, 0.2) is 18.1 Å². The molecule has 0 unspecified atom stereocenters. The molecule has 1 aliphatic rings. The van der Waals surface area contributed by atoms with E-state index in [4.69, 9.17) is 14.2 Å². The summed E-state index contributed by atoms with van der Waals surface area (Å²) < 4.78 is 29.5. The Kier molecular flexibility index (Phi) is 5.61. The predicted molar refractivity (Wildman–Crippen MR) is 95.0 cm³/mol. The smallest absolute Gasteiger partial charge is 0.258 e. The molecule has 1 aliphatic heterocycles. The molecule has 2 aromatic carbocycles. The van der Waals surface area contributed by atoms with Crippen molar-refractivity contribution in [3.63, 3.8) is 0 Å². The molecule has 1 amide bonds. The summed E-state index contributed by atoms with van der Waals surface area (Å²) in [5, 5.41) is 2.99. The van der Waals surface area contributed by atoms with Crippen LogP contribution in [-0.2, 0) is 4.79 Å². The zero-order valence-electron chi connectivity index (χ0n) is 14.8. The second-order valence-electron chi connectivity index (χ2n) is 6.43. The molecule has 2 aromatic rings. The Morgan fingerprint density at radius 1 is 1.12 bits per heavy atom. The quantitative estimate of drug-likeness (QED) is 0.858. The largest absolute Gasteiger partial charge is 0.486 e. The third kappa shape index (κ3) is 4.45. The number of nitrogens with one attached hydrogen (secondary N) is 1. The highest BCUT2D eigenvalue weighted by atomic mass is 19.1. The standard InChI is InChI=1S/C20H22FNO4/c1-13(2)20(14-3-8-17-18(11-14)25-10-9-24-17)22-19(23)12-26-16-6-4-15(21)5-7-16/h3-8,11,13,20H,9-10,12H2,1-2H3,(H,22,23)/t20-/m1/s1. The number of fused-ring (bicyclic) bond motifs is 1. The maximum Gasteiger partial charge on any atom is 0.258 e. The molecule has 5 nitrogen and oxygen atoms in total. The number of rotatable bonds is 6. The topological polar surface area (TPSA) is 56.8 Å². The number of hydrogen-bond donors (Lipinski definition) is 1. The van der Waals surface area contributed by atoms with Gasteiger partial charge in [0, 0.05) is 0 Å². The van der Waals surface area contributed by atoms with Crippen molar-refractivity contribution in [1.29, 1.82) is 0 Å². The van der Waals surface area contributed by atoms with Crippen LogP contribution < -0.4 is 19.5 Å². The van der Waals surface area contributed by atoms with Crippen molar-refractivity contribution in [2.24, 2.45) is 5.92 Å². The van der Waals surface area contributed by atoms with Crippen LogP contribution in [0.2, 0.25) is 0 Å². The van der Waals surface area contributed by atoms with Crippen LogP contribution in [0.5, 0.6) is 17.2 Å². The zero-order valence-corrected chi connectivity index (χ0v) is 14.8. The van der Waals surface area contributed by atoms with Crippen molar-refractivity contribution in [3.05, 3.63) is 53.8 Å². The summed E-state index contributed by atoms with van der Waals surface area (Å²) in [6.07, 6.45) is 0. The maximum absolute atomic E-state index is 12.9. The number of ether oxygens (including phenoxy) is 3. The Bertz CT molecular complexity index is 761. The second kappa shape index (κ2) is 8.08. The summed E-state index contributed by atoms with van der Waals surface area (Å²) in [7, 11) is 0. The van der Waals surface area contributed by atoms with Crippen molar-refractivity contribution >= 4 is 5.91 Å². The van der Waals surface area contributed by atoms with E-state index in [0.29, 0.717) is 30.5 Å². The average Bonchev–Trinajstić information content (AvgIpc) is 2.65. The number of amides is 1. The molecule has 0 aromatic heterocycles. The molecule has 1 N–H and O–H groups in total. The fourth-order valence-corrected chi connectivity index (χ4v) is 2.78. The molecular weight excluding hydrogens is 337 g/mol. The lowest BCUT2D eigenvalue weighted by atomic mass is 9.95. The molecule has 0 bridgehead atoms. The Morgan fingerprint density at radius 3 is 2.50 bits per heavy atom. The summed E-state index contributed by atoms with van der Waals surface area (Å²) in [5.74, 6) is 1.43. The third-order valence-corrected chi connectivity index (χ3v) is 4.09. The van der Waals surface area contributed by atoms with Crippen LogP contribution in [0.3, 0.4) is 0 Å². The molecule has 0 saturated carbocycles. The summed E-state index contributed by atoms with van der Waals surface area (Å²) in [6.45, 7) is 4.97. The fraction of sp³-hybridized carbons (Fsp3) is 0.350. The highest BCUT2D eigenvalue weighted by molar-refractivity contribution is 5.78. The van der Waals surface area contributed by atoms with Crippen LogP contribution >= 0.6 is 0 Å². The molecule has 0 radical (unpaired) electrons. The fourth-order valence-electron chi connectivity index (χ4n) is 2.78. The van der Waals surface area contributed by atoms with Crippen LogP contribution in [-0.4, -0.2) is 25.7 Å². The van der Waals surface area contributed by atoms with Gasteiger partial charge in [-0.2, -0.15) is 0 Å². The van der Waals surface area contributed by atoms with Crippen molar-refractivity contribution in [3.8, 4) is 17.2 Å². The molecule has 1 atom stereocenters. The normalized spacial score (nSPS) is 14.0. The molecule has 3 rings (SSSR count). The number of hydrogen-bond acceptors (Lipinski definition) is 4. The van der Waals surface area contributed by atoms with Crippen molar-refractivity contribution in [1.82, 2.24) is 5.32 Å². The van der Waals surface area contributed by atoms with Crippen molar-refractivity contribution in [2.45, 2.75) is 19.9 Å². The van der Waals surface area contributed by atoms with E-state index in [1.165, 1.54) is 24.3 Å². The first-order chi connectivity index (χ1) is 12.5. The highest BCUT2D eigenvalue weighted by Crippen LogP contribution is 2.34. The zero-order chi connectivity index (χ0) is 18.5. The van der Waals surface area contributed by atoms with Crippen LogP contribution in [0.15, 0.2) is 42.5 Å². The van der Waals surface area contributed by atoms with Gasteiger partial charge in [-0.3, -0.25) is 4.79 Å². The Morgan fingerprint density at radius 2 is 1.81 bits per heavy atom. The Hall–Kier alpha value is -2.76. The Balaban J connectivity index is 1.64. The monoisotopic (exact) mass is 359 g/mol. The first-order valence-electron chi connectivity index (χ1n) is 8.60. The first kappa shape index (κ1) is 18.0. The van der Waals surface area contributed by atoms with Crippen molar-refractivity contribution in [2.75, 3.05) is 19.8 Å². The molecule has 138 valence electrons. The molecule has 6 heteroatoms. The van der Waals surface area contributed by atoms with E-state index in [1.54, 1.807) is 0 Å². The van der Waals surface area contributed by atoms with Gasteiger partial charge >= 0.3 is 0 Å². The summed E-state index contributed by atoms with van der Waals surface area (Å²) in [6, 6.07) is 11.1. The van der Waals surface area contributed by atoms with E-state index in [-0.39, 0.29) is 30.3 Å². The van der Waals surface area contributed by atoms with Gasteiger partial charge in [-0.05, 0) is 47.9 Å². The minimum absolute atomic E-state index is 0.139. The average molecular weight is 359 g/mol. The molecule has 0 aliphatic carbocycles. The Labute approximate surface area is 152 Å². The van der Waals surface area contributed by atoms with Gasteiger partial charge in [0.05, 0.1) is 6.04 Å². The van der Waals surface area contributed by atoms with Crippen LogP contribution in [0, 0.1) is 11.7 Å². The number of carbonyl (C=O) groups excluding carboxylic acids is 1. The highest BCUT2D eigenvalue weighted by Gasteiger charge is 2.21. The molecule has 26 heavy (non-hydrogen) atoms. The van der Waals surface area contributed by atoms with Gasteiger partial charge in [0.1, 0.15) is 24.8 Å². The van der Waals surface area contributed by atoms with Crippen LogP contribution in [0.4, 0.5) is 4.39 Å². The van der Waals surface area contributed by atoms with E-state index in [9.17, 15) is 9.18 Å². The van der Waals surface area contributed by atoms with E-state index in [2.05, 4.69) is 5.32 Å². The molecule has 0 fully saturated rings. The summed E-state index contributed by atoms with van der Waals surface area (Å²) >= 11 is 0. The summed E-state index contributed by atoms with van der Waals surface area (Å²) in [4.78, 5) is 12.3. The van der Waals surface area contributed by atoms with Gasteiger partial charge < -0.3 is 19.5 Å². The number of carbonyl (C=O) groups is 1. The van der Waals surface area contributed by atoms with Gasteiger partial charge in [0.25, 0.3) is 5.91 Å². The van der Waals surface area contributed by atoms with Crippen molar-refractivity contribution < 1.29 is 23.4 Å². The molecular formula is C20H22FNO4. The second-order valence-corrected chi connectivity index (χ2v) is 6.43. The van der Waals surface area contributed by atoms with E-state index in [1.807, 2.05) is 32.0 Å². The van der Waals surface area contributed by atoms with Gasteiger partial charge in [-0.1, -0.05) is 19.9 Å². The lowest BCUT2D eigenvalue weighted by Crippen LogP contribution is -2.35. The van der Waals surface area contributed by atoms with Gasteiger partial charge in [0.2, 0.25) is 0 Å². The number of halogens is 1. The van der Waals surface area contributed by atoms with Gasteiger partial charge in [-0.25, -0.2) is 4.39 Å². The summed E-state index contributed by atoms with van der Waals surface area (Å²) in [5.41, 5.74) is 0.944. The molecule has 0 spiro atoms. The van der Waals surface area contributed by atoms with E-state index in [0.717, 1.165) is 5.56 Å².